The zero-order chi connectivity index (χ0) is 13.8. The molecule has 18 heavy (non-hydrogen) atoms. The first kappa shape index (κ1) is 14.6. The molecule has 0 fully saturated rings. The maximum Gasteiger partial charge on any atom is 0.250 e. The van der Waals surface area contributed by atoms with Crippen molar-refractivity contribution in [3.63, 3.8) is 0 Å². The van der Waals surface area contributed by atoms with Gasteiger partial charge < -0.3 is 4.43 Å². The van der Waals surface area contributed by atoms with Crippen LogP contribution in [0.25, 0.3) is 10.4 Å². The average Bonchev–Trinajstić information content (AvgIpc) is 2.24. The number of rotatable bonds is 4. The van der Waals surface area contributed by atoms with Gasteiger partial charge in [0.25, 0.3) is 0 Å². The SMILES string of the molecule is CC(C)(C)[Si](C)(C)Oc1cccc(CN=[N+]=[N-])c1. The highest BCUT2D eigenvalue weighted by Crippen LogP contribution is 2.37. The summed E-state index contributed by atoms with van der Waals surface area (Å²) in [6.45, 7) is 11.4. The Kier molecular flexibility index (Phi) is 4.43. The number of hydrogen-bond donors (Lipinski definition) is 0. The molecule has 4 nitrogen and oxygen atoms in total. The predicted octanol–water partition coefficient (Wildman–Crippen LogP) is 4.88. The van der Waals surface area contributed by atoms with Gasteiger partial charge in [0.05, 0.1) is 6.54 Å². The molecule has 0 aliphatic rings. The van der Waals surface area contributed by atoms with Gasteiger partial charge in [0.2, 0.25) is 8.32 Å². The summed E-state index contributed by atoms with van der Waals surface area (Å²) in [4.78, 5) is 2.77. The van der Waals surface area contributed by atoms with Gasteiger partial charge in [0, 0.05) is 4.91 Å². The largest absolute Gasteiger partial charge is 0.543 e. The minimum atomic E-state index is -1.80. The fraction of sp³-hybridized carbons (Fsp3) is 0.538. The van der Waals surface area contributed by atoms with E-state index < -0.39 is 8.32 Å². The van der Waals surface area contributed by atoms with Crippen molar-refractivity contribution in [1.82, 2.24) is 0 Å². The standard InChI is InChI=1S/C13H21N3OSi/c1-13(2,3)18(4,5)17-12-8-6-7-11(9-12)10-15-16-14/h6-9H,10H2,1-5H3. The van der Waals surface area contributed by atoms with E-state index in [9.17, 15) is 0 Å². The quantitative estimate of drug-likeness (QED) is 0.330. The summed E-state index contributed by atoms with van der Waals surface area (Å²) in [5.74, 6) is 0.868. The van der Waals surface area contributed by atoms with E-state index in [1.807, 2.05) is 24.3 Å². The van der Waals surface area contributed by atoms with Crippen molar-refractivity contribution in [3.05, 3.63) is 40.3 Å². The molecule has 0 N–H and O–H groups in total. The second-order valence-electron chi connectivity index (χ2n) is 5.90. The Balaban J connectivity index is 2.88. The van der Waals surface area contributed by atoms with Gasteiger partial charge in [-0.25, -0.2) is 0 Å². The summed E-state index contributed by atoms with van der Waals surface area (Å²) in [6, 6.07) is 7.78. The second kappa shape index (κ2) is 5.46. The zero-order valence-corrected chi connectivity index (χ0v) is 12.8. The lowest BCUT2D eigenvalue weighted by atomic mass is 10.2. The van der Waals surface area contributed by atoms with Crippen LogP contribution in [0, 0.1) is 0 Å². The Labute approximate surface area is 110 Å². The summed E-state index contributed by atoms with van der Waals surface area (Å²) in [7, 11) is -1.80. The molecule has 0 amide bonds. The molecule has 0 saturated carbocycles. The molecule has 0 heterocycles. The van der Waals surface area contributed by atoms with E-state index in [2.05, 4.69) is 43.9 Å². The minimum Gasteiger partial charge on any atom is -0.543 e. The molecular weight excluding hydrogens is 242 g/mol. The Morgan fingerprint density at radius 2 is 2.00 bits per heavy atom. The number of nitrogens with zero attached hydrogens (tertiary/aromatic N) is 3. The highest BCUT2D eigenvalue weighted by Gasteiger charge is 2.38. The molecule has 0 atom stereocenters. The molecular formula is C13H21N3OSi. The van der Waals surface area contributed by atoms with Crippen molar-refractivity contribution in [2.24, 2.45) is 5.11 Å². The molecule has 0 unspecified atom stereocenters. The van der Waals surface area contributed by atoms with E-state index in [4.69, 9.17) is 9.96 Å². The molecule has 1 aromatic carbocycles. The van der Waals surface area contributed by atoms with Crippen LogP contribution in [0.5, 0.6) is 5.75 Å². The summed E-state index contributed by atoms with van der Waals surface area (Å²) >= 11 is 0. The molecule has 98 valence electrons. The molecule has 0 spiro atoms. The average molecular weight is 263 g/mol. The molecule has 0 radical (unpaired) electrons. The molecule has 0 aliphatic heterocycles. The highest BCUT2D eigenvalue weighted by atomic mass is 28.4. The summed E-state index contributed by atoms with van der Waals surface area (Å²) in [5.41, 5.74) is 9.30. The van der Waals surface area contributed by atoms with E-state index >= 15 is 0 Å². The van der Waals surface area contributed by atoms with Gasteiger partial charge in [-0.2, -0.15) is 0 Å². The van der Waals surface area contributed by atoms with Crippen molar-refractivity contribution in [2.75, 3.05) is 0 Å². The first-order chi connectivity index (χ1) is 8.26. The van der Waals surface area contributed by atoms with Crippen LogP contribution in [0.3, 0.4) is 0 Å². The first-order valence-corrected chi connectivity index (χ1v) is 8.96. The smallest absolute Gasteiger partial charge is 0.250 e. The Bertz CT molecular complexity index is 460. The monoisotopic (exact) mass is 263 g/mol. The summed E-state index contributed by atoms with van der Waals surface area (Å²) in [5, 5.41) is 3.74. The summed E-state index contributed by atoms with van der Waals surface area (Å²) < 4.78 is 6.19. The van der Waals surface area contributed by atoms with E-state index in [1.54, 1.807) is 0 Å². The van der Waals surface area contributed by atoms with Crippen LogP contribution >= 0.6 is 0 Å². The molecule has 1 rings (SSSR count). The van der Waals surface area contributed by atoms with Crippen LogP contribution in [-0.2, 0) is 6.54 Å². The Morgan fingerprint density at radius 3 is 2.56 bits per heavy atom. The van der Waals surface area contributed by atoms with Crippen LogP contribution in [0.2, 0.25) is 18.1 Å². The predicted molar refractivity (Wildman–Crippen MR) is 77.1 cm³/mol. The van der Waals surface area contributed by atoms with Gasteiger partial charge in [-0.3, -0.25) is 0 Å². The maximum absolute atomic E-state index is 8.32. The third-order valence-corrected chi connectivity index (χ3v) is 7.75. The van der Waals surface area contributed by atoms with Crippen LogP contribution in [0.15, 0.2) is 29.4 Å². The number of azide groups is 1. The van der Waals surface area contributed by atoms with E-state index in [1.165, 1.54) is 0 Å². The van der Waals surface area contributed by atoms with Crippen molar-refractivity contribution in [1.29, 1.82) is 0 Å². The van der Waals surface area contributed by atoms with E-state index in [0.29, 0.717) is 6.54 Å². The van der Waals surface area contributed by atoms with Gasteiger partial charge >= 0.3 is 0 Å². The molecule has 1 aromatic rings. The van der Waals surface area contributed by atoms with Crippen LogP contribution in [0.4, 0.5) is 0 Å². The summed E-state index contributed by atoms with van der Waals surface area (Å²) in [6.07, 6.45) is 0. The second-order valence-corrected chi connectivity index (χ2v) is 10.6. The van der Waals surface area contributed by atoms with Crippen LogP contribution in [-0.4, -0.2) is 8.32 Å². The normalized spacial score (nSPS) is 11.8. The highest BCUT2D eigenvalue weighted by molar-refractivity contribution is 6.74. The van der Waals surface area contributed by atoms with Crippen molar-refractivity contribution < 1.29 is 4.43 Å². The molecule has 5 heteroatoms. The van der Waals surface area contributed by atoms with Gasteiger partial charge in [0.1, 0.15) is 5.75 Å². The van der Waals surface area contributed by atoms with Crippen molar-refractivity contribution in [2.45, 2.75) is 45.4 Å². The third-order valence-electron chi connectivity index (χ3n) is 3.39. The van der Waals surface area contributed by atoms with Gasteiger partial charge in [0.15, 0.2) is 0 Å². The number of benzene rings is 1. The molecule has 0 aliphatic carbocycles. The topological polar surface area (TPSA) is 58.0 Å². The van der Waals surface area contributed by atoms with E-state index in [-0.39, 0.29) is 5.04 Å². The van der Waals surface area contributed by atoms with Crippen molar-refractivity contribution >= 4 is 8.32 Å². The first-order valence-electron chi connectivity index (χ1n) is 6.05. The van der Waals surface area contributed by atoms with Crippen molar-refractivity contribution in [3.8, 4) is 5.75 Å². The third kappa shape index (κ3) is 3.79. The Morgan fingerprint density at radius 1 is 1.33 bits per heavy atom. The van der Waals surface area contributed by atoms with Crippen LogP contribution in [0.1, 0.15) is 26.3 Å². The fourth-order valence-electron chi connectivity index (χ4n) is 1.27. The van der Waals surface area contributed by atoms with Gasteiger partial charge in [-0.1, -0.05) is 38.0 Å². The maximum atomic E-state index is 8.32. The fourth-order valence-corrected chi connectivity index (χ4v) is 2.29. The lowest BCUT2D eigenvalue weighted by molar-refractivity contribution is 0.491. The zero-order valence-electron chi connectivity index (χ0n) is 11.8. The lowest BCUT2D eigenvalue weighted by Gasteiger charge is -2.36. The Hall–Kier alpha value is -1.45. The van der Waals surface area contributed by atoms with Gasteiger partial charge in [-0.05, 0) is 41.4 Å². The van der Waals surface area contributed by atoms with E-state index in [0.717, 1.165) is 11.3 Å². The molecule has 0 bridgehead atoms. The minimum absolute atomic E-state index is 0.174. The number of hydrogen-bond acceptors (Lipinski definition) is 2. The molecule has 0 aromatic heterocycles. The van der Waals surface area contributed by atoms with Gasteiger partial charge in [-0.15, -0.1) is 0 Å². The molecule has 0 saturated heterocycles. The van der Waals surface area contributed by atoms with Crippen LogP contribution < -0.4 is 4.43 Å². The lowest BCUT2D eigenvalue weighted by Crippen LogP contribution is -2.43.